The lowest BCUT2D eigenvalue weighted by Crippen LogP contribution is -2.43. The Kier molecular flexibility index (Phi) is 1.83. The highest BCUT2D eigenvalue weighted by Crippen LogP contribution is 2.40. The molecule has 0 spiro atoms. The molecule has 0 aromatic carbocycles. The van der Waals surface area contributed by atoms with Crippen LogP contribution in [0.3, 0.4) is 0 Å². The number of carbonyl (C=O) groups excluding carboxylic acids is 1. The third kappa shape index (κ3) is 1.12. The largest absolute Gasteiger partial charge is 0.463 e. The van der Waals surface area contributed by atoms with Crippen molar-refractivity contribution in [3.05, 3.63) is 0 Å². The Labute approximate surface area is 72.5 Å². The Morgan fingerprint density at radius 1 is 1.58 bits per heavy atom. The van der Waals surface area contributed by atoms with Crippen molar-refractivity contribution in [3.63, 3.8) is 0 Å². The minimum absolute atomic E-state index is 0.00347. The third-order valence-electron chi connectivity index (χ3n) is 2.76. The van der Waals surface area contributed by atoms with Gasteiger partial charge in [-0.3, -0.25) is 4.79 Å². The van der Waals surface area contributed by atoms with Crippen LogP contribution in [0.4, 0.5) is 0 Å². The predicted molar refractivity (Wildman–Crippen MR) is 44.6 cm³/mol. The van der Waals surface area contributed by atoms with E-state index in [2.05, 4.69) is 5.32 Å². The van der Waals surface area contributed by atoms with Gasteiger partial charge in [0.05, 0.1) is 12.0 Å². The first kappa shape index (κ1) is 8.05. The summed E-state index contributed by atoms with van der Waals surface area (Å²) in [5.41, 5.74) is 0. The summed E-state index contributed by atoms with van der Waals surface area (Å²) in [7, 11) is 0. The Balaban J connectivity index is 1.89. The summed E-state index contributed by atoms with van der Waals surface area (Å²) in [5, 5.41) is 3.30. The van der Waals surface area contributed by atoms with Crippen molar-refractivity contribution < 1.29 is 9.53 Å². The second kappa shape index (κ2) is 2.73. The standard InChI is InChI=1S/C9H15NO2/c1-5(2)12-9(11)8-6-3-7(8)10-4-6/h5-8,10H,3-4H2,1-2H3. The van der Waals surface area contributed by atoms with Gasteiger partial charge in [0, 0.05) is 6.04 Å². The molecule has 1 saturated carbocycles. The van der Waals surface area contributed by atoms with Crippen LogP contribution >= 0.6 is 0 Å². The third-order valence-corrected chi connectivity index (χ3v) is 2.76. The Hall–Kier alpha value is -0.570. The van der Waals surface area contributed by atoms with Gasteiger partial charge in [0.2, 0.25) is 0 Å². The first-order chi connectivity index (χ1) is 5.68. The topological polar surface area (TPSA) is 38.3 Å². The van der Waals surface area contributed by atoms with Crippen LogP contribution in [0.25, 0.3) is 0 Å². The summed E-state index contributed by atoms with van der Waals surface area (Å²) in [6.07, 6.45) is 1.19. The Morgan fingerprint density at radius 2 is 2.33 bits per heavy atom. The SMILES string of the molecule is CC(C)OC(=O)C1C2CNC1C2. The molecule has 1 aliphatic carbocycles. The molecule has 2 heterocycles. The molecule has 68 valence electrons. The number of esters is 1. The van der Waals surface area contributed by atoms with Gasteiger partial charge in [-0.25, -0.2) is 0 Å². The van der Waals surface area contributed by atoms with Crippen molar-refractivity contribution in [1.29, 1.82) is 0 Å². The van der Waals surface area contributed by atoms with Crippen molar-refractivity contribution in [1.82, 2.24) is 5.32 Å². The molecule has 1 N–H and O–H groups in total. The van der Waals surface area contributed by atoms with Gasteiger partial charge in [0.15, 0.2) is 0 Å². The molecule has 3 aliphatic rings. The van der Waals surface area contributed by atoms with Crippen molar-refractivity contribution in [3.8, 4) is 0 Å². The van der Waals surface area contributed by atoms with E-state index in [1.807, 2.05) is 13.8 Å². The summed E-state index contributed by atoms with van der Waals surface area (Å²) in [6.45, 7) is 4.79. The molecule has 3 heteroatoms. The van der Waals surface area contributed by atoms with E-state index in [-0.39, 0.29) is 18.0 Å². The fourth-order valence-electron chi connectivity index (χ4n) is 2.14. The summed E-state index contributed by atoms with van der Waals surface area (Å²) in [5.74, 6) is 0.713. The van der Waals surface area contributed by atoms with Crippen molar-refractivity contribution in [2.45, 2.75) is 32.4 Å². The number of rotatable bonds is 2. The smallest absolute Gasteiger partial charge is 0.311 e. The van der Waals surface area contributed by atoms with Gasteiger partial charge in [0.25, 0.3) is 0 Å². The molecule has 2 saturated heterocycles. The van der Waals surface area contributed by atoms with E-state index in [0.717, 1.165) is 13.0 Å². The van der Waals surface area contributed by atoms with Gasteiger partial charge in [-0.05, 0) is 32.7 Å². The molecular formula is C9H15NO2. The second-order valence-electron chi connectivity index (χ2n) is 4.02. The van der Waals surface area contributed by atoms with Crippen molar-refractivity contribution in [2.24, 2.45) is 11.8 Å². The molecule has 3 nitrogen and oxygen atoms in total. The molecule has 0 aromatic rings. The van der Waals surface area contributed by atoms with Gasteiger partial charge >= 0.3 is 5.97 Å². The first-order valence-electron chi connectivity index (χ1n) is 4.62. The van der Waals surface area contributed by atoms with Gasteiger partial charge < -0.3 is 10.1 Å². The van der Waals surface area contributed by atoms with Crippen LogP contribution in [0.1, 0.15) is 20.3 Å². The van der Waals surface area contributed by atoms with E-state index >= 15 is 0 Å². The van der Waals surface area contributed by atoms with E-state index in [4.69, 9.17) is 4.74 Å². The molecule has 3 unspecified atom stereocenters. The van der Waals surface area contributed by atoms with Crippen molar-refractivity contribution >= 4 is 5.97 Å². The highest BCUT2D eigenvalue weighted by atomic mass is 16.5. The quantitative estimate of drug-likeness (QED) is 0.613. The number of fused-ring (bicyclic) bond motifs is 1. The van der Waals surface area contributed by atoms with Crippen LogP contribution < -0.4 is 5.32 Å². The number of hydrogen-bond acceptors (Lipinski definition) is 3. The van der Waals surface area contributed by atoms with E-state index in [0.29, 0.717) is 12.0 Å². The number of carbonyl (C=O) groups is 1. The summed E-state index contributed by atoms with van der Waals surface area (Å²) in [6, 6.07) is 0.418. The minimum atomic E-state index is -0.00347. The normalized spacial score (nSPS) is 38.1. The molecule has 3 atom stereocenters. The molecule has 12 heavy (non-hydrogen) atoms. The molecular weight excluding hydrogens is 154 g/mol. The fourth-order valence-corrected chi connectivity index (χ4v) is 2.14. The van der Waals surface area contributed by atoms with Gasteiger partial charge in [-0.2, -0.15) is 0 Å². The highest BCUT2D eigenvalue weighted by molar-refractivity contribution is 5.75. The zero-order valence-corrected chi connectivity index (χ0v) is 7.54. The van der Waals surface area contributed by atoms with Crippen LogP contribution in [-0.2, 0) is 9.53 Å². The minimum Gasteiger partial charge on any atom is -0.463 e. The molecule has 2 aliphatic heterocycles. The maximum Gasteiger partial charge on any atom is 0.311 e. The zero-order valence-electron chi connectivity index (χ0n) is 7.54. The predicted octanol–water partition coefficient (Wildman–Crippen LogP) is 0.546. The van der Waals surface area contributed by atoms with Crippen LogP contribution in [0.2, 0.25) is 0 Å². The second-order valence-corrected chi connectivity index (χ2v) is 4.02. The van der Waals surface area contributed by atoms with Crippen LogP contribution in [0.15, 0.2) is 0 Å². The monoisotopic (exact) mass is 169 g/mol. The maximum absolute atomic E-state index is 11.4. The molecule has 2 bridgehead atoms. The van der Waals surface area contributed by atoms with Gasteiger partial charge in [0.1, 0.15) is 0 Å². The number of ether oxygens (including phenoxy) is 1. The Bertz CT molecular complexity index is 189. The van der Waals surface area contributed by atoms with Crippen LogP contribution in [0.5, 0.6) is 0 Å². The van der Waals surface area contributed by atoms with E-state index in [1.54, 1.807) is 0 Å². The van der Waals surface area contributed by atoms with Gasteiger partial charge in [-0.15, -0.1) is 0 Å². The van der Waals surface area contributed by atoms with Crippen molar-refractivity contribution in [2.75, 3.05) is 6.54 Å². The summed E-state index contributed by atoms with van der Waals surface area (Å²) in [4.78, 5) is 11.4. The molecule has 0 radical (unpaired) electrons. The molecule has 0 amide bonds. The van der Waals surface area contributed by atoms with Crippen LogP contribution in [-0.4, -0.2) is 24.7 Å². The molecule has 3 fully saturated rings. The lowest BCUT2D eigenvalue weighted by atomic mass is 9.74. The van der Waals surface area contributed by atoms with Crippen LogP contribution in [0, 0.1) is 11.8 Å². The van der Waals surface area contributed by atoms with Gasteiger partial charge in [-0.1, -0.05) is 0 Å². The molecule has 0 aromatic heterocycles. The Morgan fingerprint density at radius 3 is 2.75 bits per heavy atom. The number of nitrogens with one attached hydrogen (secondary N) is 1. The first-order valence-corrected chi connectivity index (χ1v) is 4.62. The number of hydrogen-bond donors (Lipinski definition) is 1. The summed E-state index contributed by atoms with van der Waals surface area (Å²) < 4.78 is 5.16. The van der Waals surface area contributed by atoms with E-state index in [9.17, 15) is 4.79 Å². The van der Waals surface area contributed by atoms with E-state index in [1.165, 1.54) is 0 Å². The lowest BCUT2D eigenvalue weighted by Gasteiger charge is -2.32. The maximum atomic E-state index is 11.4. The zero-order chi connectivity index (χ0) is 8.72. The van der Waals surface area contributed by atoms with E-state index < -0.39 is 0 Å². The highest BCUT2D eigenvalue weighted by Gasteiger charge is 2.51. The summed E-state index contributed by atoms with van der Waals surface area (Å²) >= 11 is 0. The molecule has 3 rings (SSSR count). The fraction of sp³-hybridized carbons (Fsp3) is 0.889. The average Bonchev–Trinajstić information content (AvgIpc) is 2.39. The average molecular weight is 169 g/mol. The lowest BCUT2D eigenvalue weighted by molar-refractivity contribution is -0.157.